The Balaban J connectivity index is 0.751. The predicted octanol–water partition coefficient (Wildman–Crippen LogP) is 26.3. The molecule has 3 N–H and O–H groups in total. The number of anilines is 6. The van der Waals surface area contributed by atoms with Crippen LogP contribution in [0.15, 0.2) is 304 Å². The average Bonchev–Trinajstić information content (AvgIpc) is 1.47. The molecule has 0 bridgehead atoms. The highest BCUT2D eigenvalue weighted by Crippen LogP contribution is 2.50. The van der Waals surface area contributed by atoms with Crippen LogP contribution in [0.3, 0.4) is 0 Å². The molecule has 0 saturated carbocycles. The Labute approximate surface area is 679 Å². The summed E-state index contributed by atoms with van der Waals surface area (Å²) < 4.78 is 18.9. The van der Waals surface area contributed by atoms with Gasteiger partial charge in [-0.1, -0.05) is 166 Å². The predicted molar refractivity (Wildman–Crippen MR) is 479 cm³/mol. The van der Waals surface area contributed by atoms with E-state index in [1.54, 1.807) is 57.2 Å². The van der Waals surface area contributed by atoms with E-state index >= 15 is 14.4 Å². The van der Waals surface area contributed by atoms with E-state index in [2.05, 4.69) is 77.0 Å². The fraction of sp³-hybridized carbons (Fsp3) is 0.121. The summed E-state index contributed by atoms with van der Waals surface area (Å²) in [4.78, 5) is 63.1. The molecule has 19 heteroatoms. The molecule has 0 atom stereocenters. The van der Waals surface area contributed by atoms with Gasteiger partial charge in [-0.05, 0) is 180 Å². The summed E-state index contributed by atoms with van der Waals surface area (Å²) in [6.07, 6.45) is 2.20. The van der Waals surface area contributed by atoms with Gasteiger partial charge in [0.1, 0.15) is 17.1 Å². The lowest BCUT2D eigenvalue weighted by Gasteiger charge is -2.25. The zero-order valence-corrected chi connectivity index (χ0v) is 66.5. The minimum atomic E-state index is -0.265. The number of hydrogen-bond donors (Lipinski definition) is 3. The smallest absolute Gasteiger partial charge is 0.261 e. The van der Waals surface area contributed by atoms with Gasteiger partial charge in [0.05, 0.1) is 71.6 Å². The number of nitrogens with one attached hydrogen (secondary N) is 3. The number of azo groups is 3. The van der Waals surface area contributed by atoms with Gasteiger partial charge in [-0.25, -0.2) is 0 Å². The normalized spacial score (nSPS) is 11.9. The maximum Gasteiger partial charge on any atom is 0.261 e. The van der Waals surface area contributed by atoms with Gasteiger partial charge in [0, 0.05) is 120 Å². The molecule has 18 aromatic rings. The standard InChI is InChI=1S/C99H81N13O6/c1-10-58-25-13-22-34-82(58)109(4)97(113)76-55-61-37-52-73-70-28-16-19-31-79(70)100-88(73)85(61)91(94(76)116-7)106-103-64-40-46-67(47-41-64)112(68-48-42-65(43-49-68)104-107-92-86-62(38-53-74-71-29-17-20-32-80(71)101-89(74)86)56-77(95(92)117-8)98(114)110(5)83-35-23-14-26-59(83)11-2)69-50-44-66(45-51-69)105-108-93-87-63(39-54-75-72-30-18-21-33-81(72)102-90(75)87)57-78(96(93)118-9)99(115)111(6)84-36-24-15-27-60(84)12-3/h13-57,100-102H,10-12H2,1-9H3. The minimum absolute atomic E-state index is 0.265. The van der Waals surface area contributed by atoms with Crippen molar-refractivity contribution in [3.05, 3.63) is 306 Å². The van der Waals surface area contributed by atoms with Gasteiger partial charge in [-0.15, -0.1) is 15.3 Å². The molecule has 0 aliphatic carbocycles. The second-order valence-electron chi connectivity index (χ2n) is 29.2. The van der Waals surface area contributed by atoms with Crippen molar-refractivity contribution in [2.45, 2.75) is 40.0 Å². The van der Waals surface area contributed by atoms with Crippen molar-refractivity contribution in [2.24, 2.45) is 30.7 Å². The molecule has 3 aromatic heterocycles. The number of aryl methyl sites for hydroxylation is 3. The molecular formula is C99H81N13O6. The second kappa shape index (κ2) is 31.0. The zero-order valence-electron chi connectivity index (χ0n) is 66.5. The molecule has 0 saturated heterocycles. The number of ether oxygens (including phenoxy) is 3. The number of aromatic nitrogens is 3. The molecule has 19 nitrogen and oxygen atoms in total. The maximum atomic E-state index is 15.0. The Hall–Kier alpha value is -15.1. The Kier molecular flexibility index (Phi) is 19.5. The molecule has 0 unspecified atom stereocenters. The third-order valence-corrected chi connectivity index (χ3v) is 22.7. The summed E-state index contributed by atoms with van der Waals surface area (Å²) in [6.45, 7) is 6.22. The Morgan fingerprint density at radius 2 is 0.568 bits per heavy atom. The van der Waals surface area contributed by atoms with Crippen molar-refractivity contribution in [1.82, 2.24) is 15.0 Å². The Bertz CT molecular complexity index is 6490. The molecule has 0 radical (unpaired) electrons. The molecule has 18 rings (SSSR count). The molecule has 118 heavy (non-hydrogen) atoms. The van der Waals surface area contributed by atoms with Crippen LogP contribution in [0.5, 0.6) is 17.2 Å². The fourth-order valence-electron chi connectivity index (χ4n) is 16.8. The van der Waals surface area contributed by atoms with Gasteiger partial charge < -0.3 is 48.8 Å². The van der Waals surface area contributed by atoms with Crippen molar-refractivity contribution in [3.8, 4) is 17.2 Å². The third kappa shape index (κ3) is 12.9. The van der Waals surface area contributed by atoms with E-state index in [0.717, 1.165) is 168 Å². The number of fused-ring (bicyclic) bond motifs is 15. The van der Waals surface area contributed by atoms with Crippen LogP contribution in [0.25, 0.3) is 97.7 Å². The average molecular weight is 1550 g/mol. The van der Waals surface area contributed by atoms with E-state index in [0.29, 0.717) is 50.8 Å². The number of rotatable bonds is 21. The van der Waals surface area contributed by atoms with Crippen molar-refractivity contribution in [3.63, 3.8) is 0 Å². The van der Waals surface area contributed by atoms with Crippen molar-refractivity contribution in [2.75, 3.05) is 62.1 Å². The highest BCUT2D eigenvalue weighted by Gasteiger charge is 2.31. The van der Waals surface area contributed by atoms with Crippen LogP contribution in [0.2, 0.25) is 0 Å². The number of H-pyrrole nitrogens is 3. The molecule has 15 aromatic carbocycles. The lowest BCUT2D eigenvalue weighted by molar-refractivity contribution is 0.0982. The summed E-state index contributed by atoms with van der Waals surface area (Å²) in [5.41, 5.74) is 16.8. The van der Waals surface area contributed by atoms with Gasteiger partial charge in [0.2, 0.25) is 0 Å². The van der Waals surface area contributed by atoms with E-state index in [1.807, 2.05) is 237 Å². The van der Waals surface area contributed by atoms with E-state index in [1.165, 1.54) is 0 Å². The molecule has 0 spiro atoms. The summed E-state index contributed by atoms with van der Waals surface area (Å²) in [5, 5.41) is 40.8. The number of benzene rings is 15. The van der Waals surface area contributed by atoms with Crippen LogP contribution in [-0.2, 0) is 19.3 Å². The van der Waals surface area contributed by atoms with Crippen molar-refractivity contribution >= 4 is 184 Å². The summed E-state index contributed by atoms with van der Waals surface area (Å²) >= 11 is 0. The fourth-order valence-corrected chi connectivity index (χ4v) is 16.8. The lowest BCUT2D eigenvalue weighted by Crippen LogP contribution is -2.27. The maximum absolute atomic E-state index is 15.0. The Morgan fingerprint density at radius 3 is 0.839 bits per heavy atom. The molecule has 0 aliphatic rings. The van der Waals surface area contributed by atoms with Crippen LogP contribution in [0.1, 0.15) is 68.5 Å². The SMILES string of the molecule is CCc1ccccc1N(C)C(=O)c1cc2ccc3c4ccccc4[nH]c3c2c(N=Nc2ccc(N(c3ccc(N=Nc4c(OC)c(C(=O)N(C)c5ccccc5CC)cc5ccc6c7ccccc7[nH]c6c45)cc3)c3ccc(N=Nc4c(OC)c(C(=O)N(C)c5ccccc5CC)cc5ccc6c7ccccc7[nH]c6c45)cc3)cc2)c1OC. The number of para-hydroxylation sites is 6. The lowest BCUT2D eigenvalue weighted by atomic mass is 9.99. The number of aromatic amines is 3. The first kappa shape index (κ1) is 74.3. The monoisotopic (exact) mass is 1550 g/mol. The molecular weight excluding hydrogens is 1470 g/mol. The zero-order chi connectivity index (χ0) is 81.0. The number of hydrogen-bond acceptors (Lipinski definition) is 13. The largest absolute Gasteiger partial charge is 0.494 e. The summed E-state index contributed by atoms with van der Waals surface area (Å²) in [6, 6.07) is 89.4. The Morgan fingerprint density at radius 1 is 0.305 bits per heavy atom. The summed E-state index contributed by atoms with van der Waals surface area (Å²) in [7, 11) is 10.0. The van der Waals surface area contributed by atoms with Gasteiger partial charge in [0.15, 0.2) is 17.2 Å². The molecule has 578 valence electrons. The number of carbonyl (C=O) groups excluding carboxylic acids is 3. The highest BCUT2D eigenvalue weighted by atomic mass is 16.5. The quantitative estimate of drug-likeness (QED) is 0.0591. The minimum Gasteiger partial charge on any atom is -0.494 e. The van der Waals surface area contributed by atoms with Crippen molar-refractivity contribution in [1.29, 1.82) is 0 Å². The first-order chi connectivity index (χ1) is 57.8. The molecule has 3 heterocycles. The highest BCUT2D eigenvalue weighted by molar-refractivity contribution is 6.26. The topological polar surface area (TPSA) is 213 Å². The van der Waals surface area contributed by atoms with E-state index in [4.69, 9.17) is 44.9 Å². The number of amides is 3. The van der Waals surface area contributed by atoms with Crippen LogP contribution < -0.4 is 33.8 Å². The third-order valence-electron chi connectivity index (χ3n) is 22.7. The van der Waals surface area contributed by atoms with E-state index in [9.17, 15) is 0 Å². The van der Waals surface area contributed by atoms with Gasteiger partial charge in [0.25, 0.3) is 17.7 Å². The van der Waals surface area contributed by atoms with Crippen molar-refractivity contribution < 1.29 is 28.6 Å². The van der Waals surface area contributed by atoms with Crippen LogP contribution >= 0.6 is 0 Å². The van der Waals surface area contributed by atoms with Crippen LogP contribution in [-0.4, -0.2) is 75.1 Å². The molecule has 3 amide bonds. The van der Waals surface area contributed by atoms with Crippen LogP contribution in [0.4, 0.5) is 68.2 Å². The summed E-state index contributed by atoms with van der Waals surface area (Å²) in [5.74, 6) is 0.0422. The second-order valence-corrected chi connectivity index (χ2v) is 29.2. The first-order valence-corrected chi connectivity index (χ1v) is 39.3. The molecule has 0 aliphatic heterocycles. The van der Waals surface area contributed by atoms with E-state index in [-0.39, 0.29) is 35.0 Å². The van der Waals surface area contributed by atoms with E-state index < -0.39 is 0 Å². The number of nitrogens with zero attached hydrogens (tertiary/aromatic N) is 10. The van der Waals surface area contributed by atoms with Crippen LogP contribution in [0, 0.1) is 0 Å². The van der Waals surface area contributed by atoms with Gasteiger partial charge >= 0.3 is 0 Å². The van der Waals surface area contributed by atoms with Gasteiger partial charge in [-0.2, -0.15) is 15.3 Å². The first-order valence-electron chi connectivity index (χ1n) is 39.3. The molecule has 0 fully saturated rings. The van der Waals surface area contributed by atoms with Gasteiger partial charge in [-0.3, -0.25) is 14.4 Å². The number of methoxy groups -OCH3 is 3. The number of carbonyl (C=O) groups is 3.